The molecule has 21 heavy (non-hydrogen) atoms. The molecule has 0 spiro atoms. The van der Waals surface area contributed by atoms with Crippen LogP contribution in [-0.4, -0.2) is 15.2 Å². The molecule has 2 heterocycles. The molecule has 0 unspecified atom stereocenters. The number of rotatable bonds is 3. The summed E-state index contributed by atoms with van der Waals surface area (Å²) >= 11 is 7.28. The van der Waals surface area contributed by atoms with Gasteiger partial charge < -0.3 is 4.42 Å². The monoisotopic (exact) mass is 314 g/mol. The second kappa shape index (κ2) is 5.95. The summed E-state index contributed by atoms with van der Waals surface area (Å²) in [7, 11) is 0. The molecule has 102 valence electrons. The first-order valence-electron chi connectivity index (χ1n) is 5.89. The van der Waals surface area contributed by atoms with Crippen LogP contribution in [0.25, 0.3) is 11.5 Å². The van der Waals surface area contributed by atoms with Crippen molar-refractivity contribution in [3.8, 4) is 17.5 Å². The third-order valence-corrected chi connectivity index (χ3v) is 3.65. The average Bonchev–Trinajstić information content (AvgIpc) is 2.96. The van der Waals surface area contributed by atoms with E-state index in [9.17, 15) is 0 Å². The van der Waals surface area contributed by atoms with E-state index in [0.717, 1.165) is 0 Å². The standard InChI is InChI=1S/C14H7ClN4OS/c15-11-6-2-1-5-10(11)13-18-19-14(20-13)21-12-7-3-4-9(8-16)17-12/h1-7H. The lowest BCUT2D eigenvalue weighted by Gasteiger charge is -1.97. The number of pyridine rings is 1. The van der Waals surface area contributed by atoms with Gasteiger partial charge in [0.25, 0.3) is 5.22 Å². The van der Waals surface area contributed by atoms with E-state index in [1.54, 1.807) is 30.3 Å². The maximum Gasteiger partial charge on any atom is 0.283 e. The van der Waals surface area contributed by atoms with Crippen molar-refractivity contribution in [1.29, 1.82) is 5.26 Å². The molecule has 0 aliphatic rings. The van der Waals surface area contributed by atoms with Crippen LogP contribution in [0.1, 0.15) is 5.69 Å². The van der Waals surface area contributed by atoms with Crippen LogP contribution in [0.2, 0.25) is 5.02 Å². The SMILES string of the molecule is N#Cc1cccc(Sc2nnc(-c3ccccc3Cl)o2)n1. The summed E-state index contributed by atoms with van der Waals surface area (Å²) in [5.74, 6) is 0.347. The lowest BCUT2D eigenvalue weighted by Crippen LogP contribution is -1.84. The number of nitrogens with zero attached hydrogens (tertiary/aromatic N) is 4. The van der Waals surface area contributed by atoms with E-state index in [1.165, 1.54) is 11.8 Å². The third kappa shape index (κ3) is 3.05. The third-order valence-electron chi connectivity index (χ3n) is 2.54. The number of hydrogen-bond donors (Lipinski definition) is 0. The molecule has 0 aliphatic heterocycles. The van der Waals surface area contributed by atoms with Crippen molar-refractivity contribution >= 4 is 23.4 Å². The van der Waals surface area contributed by atoms with Crippen molar-refractivity contribution in [2.75, 3.05) is 0 Å². The van der Waals surface area contributed by atoms with E-state index in [2.05, 4.69) is 15.2 Å². The van der Waals surface area contributed by atoms with E-state index in [0.29, 0.717) is 32.4 Å². The molecule has 0 fully saturated rings. The molecule has 7 heteroatoms. The predicted octanol–water partition coefficient (Wildman–Crippen LogP) is 3.81. The highest BCUT2D eigenvalue weighted by atomic mass is 35.5. The summed E-state index contributed by atoms with van der Waals surface area (Å²) in [6.07, 6.45) is 0. The molecule has 0 saturated carbocycles. The molecule has 3 rings (SSSR count). The molecule has 0 atom stereocenters. The summed E-state index contributed by atoms with van der Waals surface area (Å²) in [6.45, 7) is 0. The van der Waals surface area contributed by atoms with E-state index < -0.39 is 0 Å². The van der Waals surface area contributed by atoms with Gasteiger partial charge in [0, 0.05) is 0 Å². The minimum atomic E-state index is 0.339. The Morgan fingerprint density at radius 1 is 1.10 bits per heavy atom. The summed E-state index contributed by atoms with van der Waals surface area (Å²) in [6, 6.07) is 14.4. The van der Waals surface area contributed by atoms with Gasteiger partial charge in [-0.3, -0.25) is 0 Å². The molecular formula is C14H7ClN4OS. The minimum Gasteiger partial charge on any atom is -0.411 e. The maximum atomic E-state index is 8.82. The molecule has 2 aromatic heterocycles. The van der Waals surface area contributed by atoms with Gasteiger partial charge in [-0.15, -0.1) is 10.2 Å². The van der Waals surface area contributed by atoms with Crippen molar-refractivity contribution in [1.82, 2.24) is 15.2 Å². The predicted molar refractivity (Wildman–Crippen MR) is 77.8 cm³/mol. The van der Waals surface area contributed by atoms with E-state index in [-0.39, 0.29) is 0 Å². The Labute approximate surface area is 129 Å². The molecule has 5 nitrogen and oxygen atoms in total. The van der Waals surface area contributed by atoms with Gasteiger partial charge in [0.05, 0.1) is 10.6 Å². The van der Waals surface area contributed by atoms with Crippen molar-refractivity contribution in [2.45, 2.75) is 10.2 Å². The summed E-state index contributed by atoms with van der Waals surface area (Å²) in [5, 5.41) is 18.2. The fraction of sp³-hybridized carbons (Fsp3) is 0. The van der Waals surface area contributed by atoms with Gasteiger partial charge >= 0.3 is 0 Å². The summed E-state index contributed by atoms with van der Waals surface area (Å²) < 4.78 is 5.56. The van der Waals surface area contributed by atoms with Crippen molar-refractivity contribution in [2.24, 2.45) is 0 Å². The molecule has 0 aliphatic carbocycles. The van der Waals surface area contributed by atoms with Crippen LogP contribution < -0.4 is 0 Å². The van der Waals surface area contributed by atoms with Crippen LogP contribution in [0.4, 0.5) is 0 Å². The second-order valence-electron chi connectivity index (χ2n) is 3.93. The largest absolute Gasteiger partial charge is 0.411 e. The van der Waals surface area contributed by atoms with Gasteiger partial charge in [-0.05, 0) is 36.0 Å². The average molecular weight is 315 g/mol. The smallest absolute Gasteiger partial charge is 0.283 e. The zero-order valence-corrected chi connectivity index (χ0v) is 12.1. The molecule has 0 bridgehead atoms. The highest BCUT2D eigenvalue weighted by molar-refractivity contribution is 7.99. The van der Waals surface area contributed by atoms with Crippen LogP contribution in [0, 0.1) is 11.3 Å². The quantitative estimate of drug-likeness (QED) is 0.731. The molecule has 1 aromatic carbocycles. The van der Waals surface area contributed by atoms with Gasteiger partial charge in [-0.25, -0.2) is 4.98 Å². The van der Waals surface area contributed by atoms with Gasteiger partial charge in [-0.2, -0.15) is 5.26 Å². The lowest BCUT2D eigenvalue weighted by molar-refractivity contribution is 0.465. The van der Waals surface area contributed by atoms with Crippen molar-refractivity contribution in [3.05, 3.63) is 53.2 Å². The van der Waals surface area contributed by atoms with Gasteiger partial charge in [0.2, 0.25) is 5.89 Å². The van der Waals surface area contributed by atoms with Gasteiger partial charge in [-0.1, -0.05) is 29.8 Å². The van der Waals surface area contributed by atoms with E-state index in [4.69, 9.17) is 21.3 Å². The normalized spacial score (nSPS) is 10.3. The highest BCUT2D eigenvalue weighted by Crippen LogP contribution is 2.30. The Hall–Kier alpha value is -2.36. The Balaban J connectivity index is 1.86. The Kier molecular flexibility index (Phi) is 3.86. The number of halogens is 1. The van der Waals surface area contributed by atoms with Crippen molar-refractivity contribution in [3.63, 3.8) is 0 Å². The van der Waals surface area contributed by atoms with Crippen LogP contribution in [-0.2, 0) is 0 Å². The molecule has 0 amide bonds. The zero-order chi connectivity index (χ0) is 14.7. The van der Waals surface area contributed by atoms with Crippen LogP contribution in [0.5, 0.6) is 0 Å². The van der Waals surface area contributed by atoms with Crippen LogP contribution >= 0.6 is 23.4 Å². The summed E-state index contributed by atoms with van der Waals surface area (Å²) in [5.41, 5.74) is 1.02. The number of hydrogen-bond acceptors (Lipinski definition) is 6. The Morgan fingerprint density at radius 3 is 2.76 bits per heavy atom. The first-order chi connectivity index (χ1) is 10.3. The molecule has 0 N–H and O–H groups in total. The molecular weight excluding hydrogens is 308 g/mol. The topological polar surface area (TPSA) is 75.6 Å². The van der Waals surface area contributed by atoms with E-state index >= 15 is 0 Å². The van der Waals surface area contributed by atoms with Crippen LogP contribution in [0.3, 0.4) is 0 Å². The van der Waals surface area contributed by atoms with E-state index in [1.807, 2.05) is 18.2 Å². The fourth-order valence-corrected chi connectivity index (χ4v) is 2.51. The molecule has 0 saturated heterocycles. The summed E-state index contributed by atoms with van der Waals surface area (Å²) in [4.78, 5) is 4.13. The van der Waals surface area contributed by atoms with Crippen molar-refractivity contribution < 1.29 is 4.42 Å². The second-order valence-corrected chi connectivity index (χ2v) is 5.31. The van der Waals surface area contributed by atoms with Gasteiger partial charge in [0.1, 0.15) is 16.8 Å². The Bertz CT molecular complexity index is 828. The highest BCUT2D eigenvalue weighted by Gasteiger charge is 2.13. The zero-order valence-electron chi connectivity index (χ0n) is 10.5. The number of benzene rings is 1. The lowest BCUT2D eigenvalue weighted by atomic mass is 10.2. The first-order valence-corrected chi connectivity index (χ1v) is 7.09. The molecule has 0 radical (unpaired) electrons. The number of aromatic nitrogens is 3. The molecule has 3 aromatic rings. The Morgan fingerprint density at radius 2 is 1.95 bits per heavy atom. The maximum absolute atomic E-state index is 8.82. The van der Waals surface area contributed by atoms with Crippen LogP contribution in [0.15, 0.2) is 57.1 Å². The first kappa shape index (κ1) is 13.6. The van der Waals surface area contributed by atoms with Gasteiger partial charge in [0.15, 0.2) is 0 Å². The number of nitriles is 1. The fourth-order valence-electron chi connectivity index (χ4n) is 1.62. The minimum absolute atomic E-state index is 0.339.